The Bertz CT molecular complexity index is 759. The van der Waals surface area contributed by atoms with Gasteiger partial charge in [0.05, 0.1) is 5.69 Å². The van der Waals surface area contributed by atoms with Gasteiger partial charge in [0.2, 0.25) is 0 Å². The summed E-state index contributed by atoms with van der Waals surface area (Å²) in [6, 6.07) is 3.66. The van der Waals surface area contributed by atoms with E-state index in [4.69, 9.17) is 4.42 Å². The van der Waals surface area contributed by atoms with E-state index in [2.05, 4.69) is 20.6 Å². The monoisotopic (exact) mass is 303 g/mol. The second-order valence-electron chi connectivity index (χ2n) is 4.37. The summed E-state index contributed by atoms with van der Waals surface area (Å²) >= 11 is 1.54. The number of hydrogen-bond acceptors (Lipinski definition) is 6. The van der Waals surface area contributed by atoms with Gasteiger partial charge in [0, 0.05) is 17.5 Å². The molecule has 0 aliphatic rings. The van der Waals surface area contributed by atoms with Gasteiger partial charge in [0.1, 0.15) is 5.69 Å². The molecule has 7 nitrogen and oxygen atoms in total. The van der Waals surface area contributed by atoms with Crippen LogP contribution in [0.5, 0.6) is 0 Å². The van der Waals surface area contributed by atoms with Crippen molar-refractivity contribution in [3.8, 4) is 11.5 Å². The lowest BCUT2D eigenvalue weighted by Gasteiger charge is -2.02. The second kappa shape index (κ2) is 5.49. The fourth-order valence-electron chi connectivity index (χ4n) is 1.91. The molecule has 0 fully saturated rings. The van der Waals surface area contributed by atoms with E-state index in [0.29, 0.717) is 18.1 Å². The normalized spacial score (nSPS) is 10.8. The first-order chi connectivity index (χ1) is 10.2. The van der Waals surface area contributed by atoms with Gasteiger partial charge in [-0.1, -0.05) is 5.10 Å². The topological polar surface area (TPSA) is 85.8 Å². The summed E-state index contributed by atoms with van der Waals surface area (Å²) in [4.78, 5) is 12.2. The Balaban J connectivity index is 1.79. The van der Waals surface area contributed by atoms with E-state index >= 15 is 0 Å². The van der Waals surface area contributed by atoms with Crippen LogP contribution in [0.25, 0.3) is 11.5 Å². The lowest BCUT2D eigenvalue weighted by molar-refractivity contribution is 0.101. The third-order valence-electron chi connectivity index (χ3n) is 2.85. The number of hydrogen-bond donors (Lipinski definition) is 1. The summed E-state index contributed by atoms with van der Waals surface area (Å²) in [5, 5.41) is 18.4. The fourth-order valence-corrected chi connectivity index (χ4v) is 2.54. The van der Waals surface area contributed by atoms with Gasteiger partial charge >= 0.3 is 6.01 Å². The molecular weight excluding hydrogens is 290 g/mol. The number of carbonyl (C=O) groups is 1. The predicted molar refractivity (Wildman–Crippen MR) is 78.2 cm³/mol. The van der Waals surface area contributed by atoms with Gasteiger partial charge in [-0.15, -0.1) is 5.10 Å². The molecule has 0 saturated heterocycles. The molecule has 0 aliphatic heterocycles. The summed E-state index contributed by atoms with van der Waals surface area (Å²) in [5.74, 6) is 0.0599. The summed E-state index contributed by atoms with van der Waals surface area (Å²) in [7, 11) is 0. The molecule has 3 heterocycles. The highest BCUT2D eigenvalue weighted by Gasteiger charge is 2.16. The Hall–Kier alpha value is -2.48. The van der Waals surface area contributed by atoms with Crippen molar-refractivity contribution in [2.45, 2.75) is 20.4 Å². The highest BCUT2D eigenvalue weighted by molar-refractivity contribution is 7.08. The Morgan fingerprint density at radius 3 is 3.05 bits per heavy atom. The summed E-state index contributed by atoms with van der Waals surface area (Å²) < 4.78 is 7.05. The SMILES string of the molecule is CCn1nc(C)cc1C(=O)Nc1nnc(-c2ccsc2)o1. The van der Waals surface area contributed by atoms with Gasteiger partial charge in [0.25, 0.3) is 11.8 Å². The number of aryl methyl sites for hydroxylation is 2. The molecule has 108 valence electrons. The molecule has 0 atom stereocenters. The van der Waals surface area contributed by atoms with E-state index in [1.165, 1.54) is 11.3 Å². The van der Waals surface area contributed by atoms with Crippen molar-refractivity contribution in [3.05, 3.63) is 34.3 Å². The van der Waals surface area contributed by atoms with Crippen LogP contribution < -0.4 is 5.32 Å². The number of rotatable bonds is 4. The lowest BCUT2D eigenvalue weighted by Crippen LogP contribution is -2.17. The number of amides is 1. The van der Waals surface area contributed by atoms with Crippen LogP contribution in [0.3, 0.4) is 0 Å². The standard InChI is InChI=1S/C13H13N5O2S/c1-3-18-10(6-8(2)17-18)11(19)14-13-16-15-12(20-13)9-4-5-21-7-9/h4-7H,3H2,1-2H3,(H,14,16,19). The third-order valence-corrected chi connectivity index (χ3v) is 3.53. The van der Waals surface area contributed by atoms with Crippen LogP contribution in [0.1, 0.15) is 23.1 Å². The van der Waals surface area contributed by atoms with E-state index < -0.39 is 0 Å². The molecular formula is C13H13N5O2S. The van der Waals surface area contributed by atoms with E-state index in [9.17, 15) is 4.79 Å². The minimum atomic E-state index is -0.321. The smallest absolute Gasteiger partial charge is 0.322 e. The van der Waals surface area contributed by atoms with Crippen molar-refractivity contribution in [2.75, 3.05) is 5.32 Å². The third kappa shape index (κ3) is 2.70. The fraction of sp³-hybridized carbons (Fsp3) is 0.231. The summed E-state index contributed by atoms with van der Waals surface area (Å²) in [5.41, 5.74) is 2.08. The Morgan fingerprint density at radius 1 is 1.48 bits per heavy atom. The molecule has 0 spiro atoms. The molecule has 21 heavy (non-hydrogen) atoms. The molecule has 0 unspecified atom stereocenters. The maximum absolute atomic E-state index is 12.2. The van der Waals surface area contributed by atoms with Crippen molar-refractivity contribution in [2.24, 2.45) is 0 Å². The number of nitrogens with one attached hydrogen (secondary N) is 1. The first-order valence-corrected chi connectivity index (χ1v) is 7.33. The molecule has 0 radical (unpaired) electrons. The van der Waals surface area contributed by atoms with E-state index in [0.717, 1.165) is 11.3 Å². The largest absolute Gasteiger partial charge is 0.403 e. The predicted octanol–water partition coefficient (Wildman–Crippen LogP) is 2.58. The van der Waals surface area contributed by atoms with Crippen molar-refractivity contribution < 1.29 is 9.21 Å². The van der Waals surface area contributed by atoms with Crippen LogP contribution in [0.15, 0.2) is 27.3 Å². The molecule has 1 N–H and O–H groups in total. The Labute approximate surface area is 124 Å². The van der Waals surface area contributed by atoms with E-state index in [1.807, 2.05) is 30.7 Å². The lowest BCUT2D eigenvalue weighted by atomic mass is 10.3. The number of thiophene rings is 1. The molecule has 3 aromatic rings. The van der Waals surface area contributed by atoms with Crippen molar-refractivity contribution in [1.82, 2.24) is 20.0 Å². The first-order valence-electron chi connectivity index (χ1n) is 6.39. The molecule has 0 bridgehead atoms. The van der Waals surface area contributed by atoms with Gasteiger partial charge in [-0.25, -0.2) is 0 Å². The summed E-state index contributed by atoms with van der Waals surface area (Å²) in [6.45, 7) is 4.37. The molecule has 0 aliphatic carbocycles. The Kier molecular flexibility index (Phi) is 3.53. The van der Waals surface area contributed by atoms with Crippen LogP contribution in [0, 0.1) is 6.92 Å². The Morgan fingerprint density at radius 2 is 2.33 bits per heavy atom. The molecule has 0 saturated carbocycles. The summed E-state index contributed by atoms with van der Waals surface area (Å²) in [6.07, 6.45) is 0. The van der Waals surface area contributed by atoms with Crippen molar-refractivity contribution in [1.29, 1.82) is 0 Å². The molecule has 3 rings (SSSR count). The average Bonchev–Trinajstić information content (AvgIpc) is 3.16. The second-order valence-corrected chi connectivity index (χ2v) is 5.15. The van der Waals surface area contributed by atoms with Gasteiger partial charge in [-0.05, 0) is 31.4 Å². The zero-order chi connectivity index (χ0) is 14.8. The van der Waals surface area contributed by atoms with Crippen LogP contribution in [-0.4, -0.2) is 25.9 Å². The number of nitrogens with zero attached hydrogens (tertiary/aromatic N) is 4. The maximum atomic E-state index is 12.2. The maximum Gasteiger partial charge on any atom is 0.322 e. The van der Waals surface area contributed by atoms with Crippen LogP contribution in [0.2, 0.25) is 0 Å². The number of carbonyl (C=O) groups excluding carboxylic acids is 1. The molecule has 8 heteroatoms. The highest BCUT2D eigenvalue weighted by Crippen LogP contribution is 2.22. The van der Waals surface area contributed by atoms with E-state index in [-0.39, 0.29) is 11.9 Å². The van der Waals surface area contributed by atoms with Gasteiger partial charge in [-0.2, -0.15) is 16.4 Å². The van der Waals surface area contributed by atoms with Crippen LogP contribution in [-0.2, 0) is 6.54 Å². The van der Waals surface area contributed by atoms with E-state index in [1.54, 1.807) is 10.7 Å². The molecule has 3 aromatic heterocycles. The zero-order valence-corrected chi connectivity index (χ0v) is 12.3. The molecule has 1 amide bonds. The highest BCUT2D eigenvalue weighted by atomic mass is 32.1. The number of aromatic nitrogens is 4. The minimum absolute atomic E-state index is 0.0720. The van der Waals surface area contributed by atoms with Gasteiger partial charge in [0.15, 0.2) is 0 Å². The van der Waals surface area contributed by atoms with Crippen molar-refractivity contribution >= 4 is 23.3 Å². The van der Waals surface area contributed by atoms with Crippen molar-refractivity contribution in [3.63, 3.8) is 0 Å². The van der Waals surface area contributed by atoms with Gasteiger partial charge < -0.3 is 4.42 Å². The van der Waals surface area contributed by atoms with Gasteiger partial charge in [-0.3, -0.25) is 14.8 Å². The zero-order valence-electron chi connectivity index (χ0n) is 11.5. The van der Waals surface area contributed by atoms with Crippen LogP contribution in [0.4, 0.5) is 6.01 Å². The average molecular weight is 303 g/mol. The quantitative estimate of drug-likeness (QED) is 0.800. The molecule has 0 aromatic carbocycles. The van der Waals surface area contributed by atoms with Crippen LogP contribution >= 0.6 is 11.3 Å². The minimum Gasteiger partial charge on any atom is -0.403 e. The first kappa shape index (κ1) is 13.5. The number of anilines is 1.